The molecule has 0 saturated heterocycles. The van der Waals surface area contributed by atoms with Crippen LogP contribution in [0.3, 0.4) is 0 Å². The Morgan fingerprint density at radius 1 is 1.00 bits per heavy atom. The van der Waals surface area contributed by atoms with Crippen molar-refractivity contribution in [3.05, 3.63) is 35.4 Å². The third-order valence-corrected chi connectivity index (χ3v) is 11.0. The lowest BCUT2D eigenvalue weighted by Crippen LogP contribution is -2.51. The predicted molar refractivity (Wildman–Crippen MR) is 153 cm³/mol. The van der Waals surface area contributed by atoms with E-state index in [1.54, 1.807) is 0 Å². The first kappa shape index (κ1) is 30.1. The first-order valence-electron chi connectivity index (χ1n) is 15.3. The maximum Gasteiger partial charge on any atom is 0.328 e. The van der Waals surface area contributed by atoms with Crippen molar-refractivity contribution in [1.82, 2.24) is 5.32 Å². The van der Waals surface area contributed by atoms with Gasteiger partial charge in [0.25, 0.3) is 0 Å². The van der Waals surface area contributed by atoms with Crippen LogP contribution in [0.5, 0.6) is 11.5 Å². The molecule has 0 unspecified atom stereocenters. The third-order valence-electron chi connectivity index (χ3n) is 11.0. The molecule has 4 aliphatic rings. The molecule has 1 aromatic carbocycles. The number of phenols is 2. The average Bonchev–Trinajstić information content (AvgIpc) is 3.29. The van der Waals surface area contributed by atoms with Crippen molar-refractivity contribution in [2.24, 2.45) is 28.6 Å². The standard InChI is InChI=1S/C33H43NO8/c1-32-14-12-21(35)18-20(32)5-6-22-23-7-9-28(33(23,2)15-13-24(22)32)42-30(39)11-10-29(38)34-25(31(40)41-3)16-19-4-8-26(36)27(37)17-19/h4,8,17-18,22-25,28,36-37H,5-7,9-16H2,1-3H3,(H,34,38)/t22-,23-,24-,25+,28-,32+,33+/m1/s1. The molecule has 42 heavy (non-hydrogen) atoms. The normalized spacial score (nSPS) is 32.5. The second-order valence-electron chi connectivity index (χ2n) is 13.2. The second-order valence-corrected chi connectivity index (χ2v) is 13.2. The molecule has 228 valence electrons. The maximum absolute atomic E-state index is 12.9. The summed E-state index contributed by atoms with van der Waals surface area (Å²) in [6.07, 6.45) is 9.13. The minimum atomic E-state index is -1.01. The molecule has 0 heterocycles. The number of ether oxygens (including phenoxy) is 2. The highest BCUT2D eigenvalue weighted by atomic mass is 16.5. The van der Waals surface area contributed by atoms with Gasteiger partial charge in [0, 0.05) is 24.7 Å². The Kier molecular flexibility index (Phi) is 8.41. The van der Waals surface area contributed by atoms with Crippen LogP contribution in [0.15, 0.2) is 29.8 Å². The van der Waals surface area contributed by atoms with Crippen LogP contribution in [0.4, 0.5) is 0 Å². The Morgan fingerprint density at radius 3 is 2.52 bits per heavy atom. The van der Waals surface area contributed by atoms with E-state index in [0.29, 0.717) is 29.7 Å². The summed E-state index contributed by atoms with van der Waals surface area (Å²) in [5, 5.41) is 21.9. The zero-order valence-corrected chi connectivity index (χ0v) is 24.8. The Hall–Kier alpha value is -3.36. The number of fused-ring (bicyclic) bond motifs is 5. The Morgan fingerprint density at radius 2 is 1.79 bits per heavy atom. The summed E-state index contributed by atoms with van der Waals surface area (Å²) in [7, 11) is 1.22. The zero-order chi connectivity index (χ0) is 30.2. The number of methoxy groups -OCH3 is 1. The first-order chi connectivity index (χ1) is 19.9. The summed E-state index contributed by atoms with van der Waals surface area (Å²) in [5.41, 5.74) is 1.88. The highest BCUT2D eigenvalue weighted by Crippen LogP contribution is 2.65. The fourth-order valence-corrected chi connectivity index (χ4v) is 8.67. The van der Waals surface area contributed by atoms with Crippen molar-refractivity contribution < 1.29 is 38.9 Å². The molecule has 0 spiro atoms. The number of esters is 2. The summed E-state index contributed by atoms with van der Waals surface area (Å²) < 4.78 is 10.9. The number of phenolic OH excluding ortho intramolecular Hbond substituents is 2. The van der Waals surface area contributed by atoms with Gasteiger partial charge in [-0.25, -0.2) is 4.79 Å². The van der Waals surface area contributed by atoms with Gasteiger partial charge in [-0.05, 0) is 91.9 Å². The number of allylic oxidation sites excluding steroid dienone is 1. The largest absolute Gasteiger partial charge is 0.504 e. The van der Waals surface area contributed by atoms with Gasteiger partial charge >= 0.3 is 11.9 Å². The summed E-state index contributed by atoms with van der Waals surface area (Å²) in [4.78, 5) is 50.0. The van der Waals surface area contributed by atoms with Crippen molar-refractivity contribution in [3.8, 4) is 11.5 Å². The topological polar surface area (TPSA) is 139 Å². The fourth-order valence-electron chi connectivity index (χ4n) is 8.67. The van der Waals surface area contributed by atoms with Crippen LogP contribution in [0.2, 0.25) is 0 Å². The number of ketones is 1. The summed E-state index contributed by atoms with van der Waals surface area (Å²) >= 11 is 0. The van der Waals surface area contributed by atoms with Gasteiger partial charge in [0.15, 0.2) is 17.3 Å². The van der Waals surface area contributed by atoms with Crippen molar-refractivity contribution in [3.63, 3.8) is 0 Å². The first-order valence-corrected chi connectivity index (χ1v) is 15.3. The van der Waals surface area contributed by atoms with E-state index in [0.717, 1.165) is 44.9 Å². The van der Waals surface area contributed by atoms with Crippen LogP contribution in [0.1, 0.15) is 83.6 Å². The van der Waals surface area contributed by atoms with Crippen LogP contribution < -0.4 is 5.32 Å². The lowest BCUT2D eigenvalue weighted by Gasteiger charge is -2.57. The molecular formula is C33H43NO8. The highest BCUT2D eigenvalue weighted by molar-refractivity contribution is 5.91. The highest BCUT2D eigenvalue weighted by Gasteiger charge is 2.60. The molecule has 3 fully saturated rings. The Balaban J connectivity index is 1.15. The summed E-state index contributed by atoms with van der Waals surface area (Å²) in [6, 6.07) is 3.15. The van der Waals surface area contributed by atoms with Crippen LogP contribution in [-0.2, 0) is 35.1 Å². The predicted octanol–water partition coefficient (Wildman–Crippen LogP) is 4.52. The van der Waals surface area contributed by atoms with Gasteiger partial charge in [0.05, 0.1) is 13.5 Å². The number of amides is 1. The molecular weight excluding hydrogens is 538 g/mol. The number of rotatable bonds is 8. The summed E-state index contributed by atoms with van der Waals surface area (Å²) in [5.74, 6) is -0.281. The molecule has 0 aromatic heterocycles. The lowest BCUT2D eigenvalue weighted by atomic mass is 9.47. The van der Waals surface area contributed by atoms with Gasteiger partial charge in [-0.1, -0.05) is 25.5 Å². The third kappa shape index (κ3) is 5.66. The van der Waals surface area contributed by atoms with E-state index in [4.69, 9.17) is 9.47 Å². The van der Waals surface area contributed by atoms with Gasteiger partial charge in [0.2, 0.25) is 5.91 Å². The van der Waals surface area contributed by atoms with Gasteiger partial charge in [-0.2, -0.15) is 0 Å². The smallest absolute Gasteiger partial charge is 0.328 e. The molecule has 3 saturated carbocycles. The molecule has 0 bridgehead atoms. The van der Waals surface area contributed by atoms with Crippen LogP contribution in [-0.4, -0.2) is 53.1 Å². The van der Waals surface area contributed by atoms with E-state index in [1.807, 2.05) is 6.08 Å². The number of carbonyl (C=O) groups excluding carboxylic acids is 4. The van der Waals surface area contributed by atoms with E-state index < -0.39 is 23.9 Å². The summed E-state index contributed by atoms with van der Waals surface area (Å²) in [6.45, 7) is 4.63. The number of carbonyl (C=O) groups is 4. The molecule has 1 amide bonds. The second kappa shape index (κ2) is 11.7. The Bertz CT molecular complexity index is 1290. The van der Waals surface area contributed by atoms with Crippen molar-refractivity contribution in [1.29, 1.82) is 0 Å². The molecule has 0 aliphatic heterocycles. The van der Waals surface area contributed by atoms with E-state index in [1.165, 1.54) is 30.9 Å². The number of hydrogen-bond donors (Lipinski definition) is 3. The molecule has 1 aromatic rings. The van der Waals surface area contributed by atoms with Crippen molar-refractivity contribution >= 4 is 23.6 Å². The van der Waals surface area contributed by atoms with E-state index >= 15 is 0 Å². The molecule has 7 atom stereocenters. The molecule has 0 radical (unpaired) electrons. The van der Waals surface area contributed by atoms with Gasteiger partial charge < -0.3 is 25.0 Å². The van der Waals surface area contributed by atoms with Crippen LogP contribution in [0.25, 0.3) is 0 Å². The lowest BCUT2D eigenvalue weighted by molar-refractivity contribution is -0.160. The maximum atomic E-state index is 12.9. The quantitative estimate of drug-likeness (QED) is 0.301. The molecule has 5 rings (SSSR count). The van der Waals surface area contributed by atoms with Crippen molar-refractivity contribution in [2.75, 3.05) is 7.11 Å². The number of benzene rings is 1. The fraction of sp³-hybridized carbons (Fsp3) is 0.636. The zero-order valence-electron chi connectivity index (χ0n) is 24.8. The molecule has 9 heteroatoms. The molecule has 4 aliphatic carbocycles. The molecule has 3 N–H and O–H groups in total. The van der Waals surface area contributed by atoms with E-state index in [2.05, 4.69) is 19.2 Å². The van der Waals surface area contributed by atoms with E-state index in [-0.39, 0.29) is 53.5 Å². The minimum absolute atomic E-state index is 0.0489. The van der Waals surface area contributed by atoms with Gasteiger partial charge in [0.1, 0.15) is 12.1 Å². The van der Waals surface area contributed by atoms with E-state index in [9.17, 15) is 29.4 Å². The minimum Gasteiger partial charge on any atom is -0.504 e. The molecule has 9 nitrogen and oxygen atoms in total. The number of hydrogen-bond acceptors (Lipinski definition) is 8. The Labute approximate surface area is 247 Å². The van der Waals surface area contributed by atoms with Crippen molar-refractivity contribution in [2.45, 2.75) is 96.6 Å². The van der Waals surface area contributed by atoms with Crippen LogP contribution >= 0.6 is 0 Å². The van der Waals surface area contributed by atoms with Gasteiger partial charge in [-0.3, -0.25) is 14.4 Å². The van der Waals surface area contributed by atoms with Crippen LogP contribution in [0, 0.1) is 28.6 Å². The monoisotopic (exact) mass is 581 g/mol. The number of aromatic hydroxyl groups is 2. The van der Waals surface area contributed by atoms with Gasteiger partial charge in [-0.15, -0.1) is 0 Å². The number of nitrogens with one attached hydrogen (secondary N) is 1. The SMILES string of the molecule is COC(=O)[C@H](Cc1ccc(O)c(O)c1)NC(=O)CCC(=O)O[C@@H]1CC[C@@H]2[C@H]3CCC4=CC(=O)CC[C@]4(C)[C@@H]3CC[C@@]21C. The average molecular weight is 582 g/mol.